The van der Waals surface area contributed by atoms with E-state index in [2.05, 4.69) is 12.2 Å². The second-order valence-corrected chi connectivity index (χ2v) is 4.72. The van der Waals surface area contributed by atoms with Crippen LogP contribution >= 0.6 is 11.8 Å². The molecule has 4 N–H and O–H groups in total. The van der Waals surface area contributed by atoms with E-state index >= 15 is 0 Å². The van der Waals surface area contributed by atoms with Crippen molar-refractivity contribution >= 4 is 11.8 Å². The lowest BCUT2D eigenvalue weighted by Crippen LogP contribution is -2.55. The lowest BCUT2D eigenvalue weighted by atomic mass is 9.93. The van der Waals surface area contributed by atoms with Crippen LogP contribution in [-0.4, -0.2) is 41.3 Å². The summed E-state index contributed by atoms with van der Waals surface area (Å²) in [6.45, 7) is 3.72. The molecule has 12 heavy (non-hydrogen) atoms. The van der Waals surface area contributed by atoms with Gasteiger partial charge in [-0.1, -0.05) is 6.92 Å². The maximum atomic E-state index is 8.71. The Balaban J connectivity index is 2.49. The Morgan fingerprint density at radius 3 is 2.92 bits per heavy atom. The van der Waals surface area contributed by atoms with Gasteiger partial charge in [-0.15, -0.1) is 0 Å². The van der Waals surface area contributed by atoms with Crippen LogP contribution in [0.1, 0.15) is 13.3 Å². The number of rotatable bonds is 4. The van der Waals surface area contributed by atoms with Crippen LogP contribution in [0, 0.1) is 0 Å². The summed E-state index contributed by atoms with van der Waals surface area (Å²) in [5.41, 5.74) is 5.82. The molecular weight excluding hydrogens is 172 g/mol. The molecular formula is C8H18N2OS. The molecule has 1 saturated heterocycles. The quantitative estimate of drug-likeness (QED) is 0.574. The van der Waals surface area contributed by atoms with Crippen LogP contribution in [0.4, 0.5) is 0 Å². The molecule has 1 aliphatic heterocycles. The molecule has 1 rings (SSSR count). The summed E-state index contributed by atoms with van der Waals surface area (Å²) in [4.78, 5) is 0. The zero-order chi connectivity index (χ0) is 9.03. The maximum absolute atomic E-state index is 8.71. The van der Waals surface area contributed by atoms with Gasteiger partial charge in [0.15, 0.2) is 0 Å². The van der Waals surface area contributed by atoms with Gasteiger partial charge in [-0.05, 0) is 12.2 Å². The van der Waals surface area contributed by atoms with Crippen LogP contribution in [0.15, 0.2) is 0 Å². The largest absolute Gasteiger partial charge is 0.395 e. The Hall–Kier alpha value is 0.230. The van der Waals surface area contributed by atoms with E-state index in [0.717, 1.165) is 6.42 Å². The summed E-state index contributed by atoms with van der Waals surface area (Å²) in [7, 11) is 0. The second-order valence-electron chi connectivity index (χ2n) is 3.27. The van der Waals surface area contributed by atoms with Gasteiger partial charge in [0.2, 0.25) is 0 Å². The molecule has 1 heterocycles. The first-order chi connectivity index (χ1) is 5.75. The van der Waals surface area contributed by atoms with Crippen molar-refractivity contribution in [1.82, 2.24) is 5.32 Å². The molecule has 0 bridgehead atoms. The smallest absolute Gasteiger partial charge is 0.0556 e. The summed E-state index contributed by atoms with van der Waals surface area (Å²) in [6.07, 6.45) is 1.12. The highest BCUT2D eigenvalue weighted by Gasteiger charge is 2.38. The molecule has 1 fully saturated rings. The van der Waals surface area contributed by atoms with E-state index < -0.39 is 0 Å². The number of hydrogen-bond acceptors (Lipinski definition) is 4. The molecule has 0 radical (unpaired) electrons. The Morgan fingerprint density at radius 2 is 2.50 bits per heavy atom. The maximum Gasteiger partial charge on any atom is 0.0556 e. The number of aliphatic hydroxyl groups is 1. The predicted octanol–water partition coefficient (Wildman–Crippen LogP) is -0.209. The van der Waals surface area contributed by atoms with Crippen molar-refractivity contribution in [3.8, 4) is 0 Å². The van der Waals surface area contributed by atoms with E-state index in [9.17, 15) is 0 Å². The van der Waals surface area contributed by atoms with Crippen molar-refractivity contribution in [3.63, 3.8) is 0 Å². The molecule has 0 aromatic rings. The van der Waals surface area contributed by atoms with Gasteiger partial charge >= 0.3 is 0 Å². The van der Waals surface area contributed by atoms with Gasteiger partial charge in [-0.25, -0.2) is 0 Å². The van der Waals surface area contributed by atoms with Crippen LogP contribution in [0.5, 0.6) is 0 Å². The lowest BCUT2D eigenvalue weighted by molar-refractivity contribution is 0.253. The Labute approximate surface area is 78.1 Å². The topological polar surface area (TPSA) is 58.3 Å². The number of aliphatic hydroxyl groups excluding tert-OH is 1. The molecule has 0 aromatic carbocycles. The highest BCUT2D eigenvalue weighted by Crippen LogP contribution is 2.34. The third-order valence-electron chi connectivity index (χ3n) is 2.65. The third kappa shape index (κ3) is 1.93. The Bertz CT molecular complexity index is 145. The van der Waals surface area contributed by atoms with E-state index in [1.54, 1.807) is 0 Å². The molecule has 0 aromatic heterocycles. The predicted molar refractivity (Wildman–Crippen MR) is 53.4 cm³/mol. The van der Waals surface area contributed by atoms with Gasteiger partial charge in [-0.3, -0.25) is 0 Å². The van der Waals surface area contributed by atoms with Crippen LogP contribution in [0.2, 0.25) is 0 Å². The highest BCUT2D eigenvalue weighted by atomic mass is 32.2. The van der Waals surface area contributed by atoms with Gasteiger partial charge in [0.1, 0.15) is 0 Å². The fourth-order valence-electron chi connectivity index (χ4n) is 1.66. The van der Waals surface area contributed by atoms with E-state index in [4.69, 9.17) is 10.8 Å². The van der Waals surface area contributed by atoms with E-state index in [1.165, 1.54) is 5.75 Å². The van der Waals surface area contributed by atoms with Crippen LogP contribution in [0.25, 0.3) is 0 Å². The molecule has 2 atom stereocenters. The number of hydrogen-bond donors (Lipinski definition) is 3. The van der Waals surface area contributed by atoms with Gasteiger partial charge in [0, 0.05) is 23.9 Å². The number of nitrogens with two attached hydrogens (primary N) is 1. The van der Waals surface area contributed by atoms with E-state index in [0.29, 0.717) is 18.3 Å². The SMILES string of the molecule is CC1SCCC1(CN)NCCO. The fraction of sp³-hybridized carbons (Fsp3) is 1.00. The molecule has 3 nitrogen and oxygen atoms in total. The van der Waals surface area contributed by atoms with Crippen molar-refractivity contribution in [2.45, 2.75) is 24.1 Å². The Kier molecular flexibility index (Phi) is 3.83. The first kappa shape index (κ1) is 10.3. The van der Waals surface area contributed by atoms with Gasteiger partial charge in [0.25, 0.3) is 0 Å². The van der Waals surface area contributed by atoms with Crippen molar-refractivity contribution in [3.05, 3.63) is 0 Å². The van der Waals surface area contributed by atoms with Crippen molar-refractivity contribution in [1.29, 1.82) is 0 Å². The van der Waals surface area contributed by atoms with Gasteiger partial charge < -0.3 is 16.2 Å². The minimum Gasteiger partial charge on any atom is -0.395 e. The number of β-amino-alcohol motifs (C(OH)–C–C–N with tert-alkyl or cyclic N) is 1. The summed E-state index contributed by atoms with van der Waals surface area (Å²) in [6, 6.07) is 0. The molecule has 4 heteroatoms. The van der Waals surface area contributed by atoms with Crippen molar-refractivity contribution in [2.24, 2.45) is 5.73 Å². The summed E-state index contributed by atoms with van der Waals surface area (Å²) in [5.74, 6) is 1.18. The average Bonchev–Trinajstić information content (AvgIpc) is 2.45. The third-order valence-corrected chi connectivity index (χ3v) is 4.04. The molecule has 2 unspecified atom stereocenters. The van der Waals surface area contributed by atoms with Gasteiger partial charge in [-0.2, -0.15) is 11.8 Å². The van der Waals surface area contributed by atoms with E-state index in [-0.39, 0.29) is 12.1 Å². The highest BCUT2D eigenvalue weighted by molar-refractivity contribution is 8.00. The average molecular weight is 190 g/mol. The molecule has 0 aliphatic carbocycles. The standard InChI is InChI=1S/C8H18N2OS/c1-7-8(6-9,2-5-12-7)10-3-4-11/h7,10-11H,2-6,9H2,1H3. The first-order valence-electron chi connectivity index (χ1n) is 4.43. The van der Waals surface area contributed by atoms with Crippen LogP contribution in [-0.2, 0) is 0 Å². The number of thioether (sulfide) groups is 1. The van der Waals surface area contributed by atoms with Crippen molar-refractivity contribution < 1.29 is 5.11 Å². The first-order valence-corrected chi connectivity index (χ1v) is 5.47. The minimum atomic E-state index is 0.0768. The zero-order valence-corrected chi connectivity index (χ0v) is 8.36. The summed E-state index contributed by atoms with van der Waals surface area (Å²) >= 11 is 1.96. The van der Waals surface area contributed by atoms with Crippen LogP contribution < -0.4 is 11.1 Å². The zero-order valence-electron chi connectivity index (χ0n) is 7.55. The summed E-state index contributed by atoms with van der Waals surface area (Å²) in [5, 5.41) is 12.6. The molecule has 72 valence electrons. The number of nitrogens with one attached hydrogen (secondary N) is 1. The molecule has 0 spiro atoms. The fourth-order valence-corrected chi connectivity index (χ4v) is 3.11. The molecule has 0 amide bonds. The summed E-state index contributed by atoms with van der Waals surface area (Å²) < 4.78 is 0. The normalized spacial score (nSPS) is 35.8. The molecule has 1 aliphatic rings. The minimum absolute atomic E-state index is 0.0768. The van der Waals surface area contributed by atoms with Crippen LogP contribution in [0.3, 0.4) is 0 Å². The van der Waals surface area contributed by atoms with E-state index in [1.807, 2.05) is 11.8 Å². The lowest BCUT2D eigenvalue weighted by Gasteiger charge is -2.32. The van der Waals surface area contributed by atoms with Gasteiger partial charge in [0.05, 0.1) is 6.61 Å². The monoisotopic (exact) mass is 190 g/mol. The molecule has 0 saturated carbocycles. The second kappa shape index (κ2) is 4.46. The Morgan fingerprint density at radius 1 is 1.75 bits per heavy atom. The van der Waals surface area contributed by atoms with Crippen molar-refractivity contribution in [2.75, 3.05) is 25.4 Å².